The van der Waals surface area contributed by atoms with Gasteiger partial charge in [-0.3, -0.25) is 68.2 Å². The van der Waals surface area contributed by atoms with E-state index in [0.717, 1.165) is 22.3 Å². The molecule has 10 N–H and O–H groups in total. The third kappa shape index (κ3) is 19.6. The van der Waals surface area contributed by atoms with Gasteiger partial charge in [0.15, 0.2) is 46.1 Å². The number of carbonyl (C=O) groups excluding carboxylic acids is 12. The van der Waals surface area contributed by atoms with Gasteiger partial charge in [0.1, 0.15) is 47.2 Å². The first-order valence-corrected chi connectivity index (χ1v) is 44.7. The van der Waals surface area contributed by atoms with Crippen LogP contribution < -0.4 is 55.2 Å². The van der Waals surface area contributed by atoms with Crippen molar-refractivity contribution < 1.29 is 142 Å². The predicted octanol–water partition coefficient (Wildman–Crippen LogP) is 12.5. The smallest absolute Gasteiger partial charge is 0.317 e. The molecule has 0 spiro atoms. The highest BCUT2D eigenvalue weighted by molar-refractivity contribution is 9.12. The number of carbonyl (C=O) groups is 12. The summed E-state index contributed by atoms with van der Waals surface area (Å²) in [7, 11) is 0. The standard InChI is InChI=1S/2C47H30Br4N2O10.2BrH/c2*48-28-17-22(18-29(49)42(28)52-32-9-11-34(54)40-38(32)44(58)24-5-1-3-7-26(24)46(40)60)13-15-62-36(56)21-37(57)63-16-14-23-19-30(50)43(31(51)20-23)53-33-10-12-35(55)41-39(33)45(59)25-6-2-4-8-27(25)47(41)61;;/h2*1-12,17-20,52-55H,13-16,21H2;2*1H. The lowest BCUT2D eigenvalue weighted by Crippen LogP contribution is -3.00. The molecular formula is C94H62Br10N4O20. The second kappa shape index (κ2) is 40.6. The number of hydrogen-bond acceptors (Lipinski definition) is 22. The fraction of sp³-hybridized carbons (Fsp3) is 0.106. The zero-order valence-corrected chi connectivity index (χ0v) is 81.7. The fourth-order valence-corrected chi connectivity index (χ4v) is 21.1. The number of phenols is 4. The van der Waals surface area contributed by atoms with E-state index < -0.39 is 71.4 Å². The lowest BCUT2D eigenvalue weighted by atomic mass is 9.82. The number of esters is 4. The van der Waals surface area contributed by atoms with Crippen molar-refractivity contribution in [2.75, 3.05) is 37.1 Å². The maximum atomic E-state index is 13.5. The van der Waals surface area contributed by atoms with E-state index in [1.165, 1.54) is 36.4 Å². The molecule has 24 nitrogen and oxygen atoms in total. The molecule has 4 aliphatic rings. The fourth-order valence-electron chi connectivity index (χ4n) is 15.1. The molecule has 0 saturated carbocycles. The summed E-state index contributed by atoms with van der Waals surface area (Å²) < 4.78 is 26.3. The summed E-state index contributed by atoms with van der Waals surface area (Å²) >= 11 is 28.6. The average Bonchev–Trinajstić information content (AvgIpc) is 0.755. The highest BCUT2D eigenvalue weighted by Crippen LogP contribution is 2.46. The second-order valence-electron chi connectivity index (χ2n) is 29.0. The van der Waals surface area contributed by atoms with Crippen molar-refractivity contribution >= 4 is 243 Å². The van der Waals surface area contributed by atoms with Crippen molar-refractivity contribution in [3.05, 3.63) is 341 Å². The van der Waals surface area contributed by atoms with Crippen LogP contribution >= 0.6 is 127 Å². The molecule has 0 fully saturated rings. The van der Waals surface area contributed by atoms with Gasteiger partial charge in [-0.2, -0.15) is 0 Å². The van der Waals surface area contributed by atoms with E-state index >= 15 is 0 Å². The van der Waals surface area contributed by atoms with Gasteiger partial charge in [0.25, 0.3) is 0 Å². The molecule has 0 atom stereocenters. The number of ether oxygens (including phenoxy) is 4. The molecule has 34 heteroatoms. The molecule has 0 aliphatic heterocycles. The van der Waals surface area contributed by atoms with Crippen molar-refractivity contribution in [1.29, 1.82) is 0 Å². The van der Waals surface area contributed by atoms with E-state index in [9.17, 15) is 78.0 Å². The average molecular weight is 2370 g/mol. The number of nitrogens with one attached hydrogen (secondary N) is 2. The Balaban J connectivity index is 0.000000215. The number of nitrogens with two attached hydrogens (primary N) is 2. The summed E-state index contributed by atoms with van der Waals surface area (Å²) in [5.74, 6) is -7.39. The molecular weight excluding hydrogens is 2300 g/mol. The molecule has 0 aromatic heterocycles. The maximum Gasteiger partial charge on any atom is 0.317 e. The number of phenolic OH excluding ortho intramolecular Hbond substituents is 4. The van der Waals surface area contributed by atoms with Crippen LogP contribution in [0, 0.1) is 0 Å². The molecule has 128 heavy (non-hydrogen) atoms. The Morgan fingerprint density at radius 1 is 0.273 bits per heavy atom. The van der Waals surface area contributed by atoms with Gasteiger partial charge in [0.2, 0.25) is 11.6 Å². The Labute approximate surface area is 816 Å². The van der Waals surface area contributed by atoms with Gasteiger partial charge in [-0.15, -0.1) is 0 Å². The zero-order chi connectivity index (χ0) is 89.4. The lowest BCUT2D eigenvalue weighted by Gasteiger charge is -2.22. The normalized spacial score (nSPS) is 12.4. The van der Waals surface area contributed by atoms with Crippen LogP contribution in [-0.4, -0.2) is 117 Å². The monoisotopic (exact) mass is 2360 g/mol. The Kier molecular flexibility index (Phi) is 30.1. The van der Waals surface area contributed by atoms with Crippen LogP contribution in [0.1, 0.15) is 162 Å². The van der Waals surface area contributed by atoms with Crippen LogP contribution in [0.4, 0.5) is 45.5 Å². The summed E-state index contributed by atoms with van der Waals surface area (Å²) in [6, 6.07) is 52.2. The third-order valence-electron chi connectivity index (χ3n) is 21.1. The SMILES string of the molecule is O=C(CC(=O)OCCc1cc(Br)c(Nc2ccc(O)c3c2C(=O)c2ccccc2C3=O)c(Br)c1)OCCc1cc(Br)c(Nc2ccc(O)c3c2C(=O)c2ccccc2C3=O)c(Br)c1.O=C(CC(=O)OCCc1cc(Br)c([NH2+]c2ccc(O)c3c2C(=O)c2ccccc2C3=O)c(Br)c1)OCCc1cc(Br)c([NH2+]c2ccc(O)c3c2C(=O)c2ccccc2C3=O)c(Br)c1.[Br-].[Br-]. The minimum Gasteiger partial charge on any atom is -1.00 e. The Hall–Kier alpha value is -10.6. The largest absolute Gasteiger partial charge is 1.00 e. The molecule has 4 aliphatic carbocycles. The van der Waals surface area contributed by atoms with Crippen molar-refractivity contribution in [3.8, 4) is 23.0 Å². The summed E-state index contributed by atoms with van der Waals surface area (Å²) in [6.45, 7) is -0.0594. The van der Waals surface area contributed by atoms with Gasteiger partial charge >= 0.3 is 23.9 Å². The van der Waals surface area contributed by atoms with Crippen LogP contribution in [-0.2, 0) is 63.8 Å². The molecule has 0 saturated heterocycles. The number of anilines is 4. The van der Waals surface area contributed by atoms with Crippen molar-refractivity contribution in [1.82, 2.24) is 0 Å². The number of fused-ring (bicyclic) bond motifs is 8. The van der Waals surface area contributed by atoms with Gasteiger partial charge in [-0.25, -0.2) is 0 Å². The Bertz CT molecular complexity index is 5890. The molecule has 0 unspecified atom stereocenters. The predicted molar refractivity (Wildman–Crippen MR) is 490 cm³/mol. The Morgan fingerprint density at radius 2 is 0.477 bits per heavy atom. The highest BCUT2D eigenvalue weighted by atomic mass is 79.9. The van der Waals surface area contributed by atoms with Crippen LogP contribution in [0.3, 0.4) is 0 Å². The lowest BCUT2D eigenvalue weighted by molar-refractivity contribution is -0.480. The first-order chi connectivity index (χ1) is 60.4. The Morgan fingerprint density at radius 3 is 0.719 bits per heavy atom. The van der Waals surface area contributed by atoms with Gasteiger partial charge < -0.3 is 84.0 Å². The molecule has 12 aromatic rings. The number of halogens is 10. The minimum absolute atomic E-state index is 0. The zero-order valence-electron chi connectivity index (χ0n) is 65.8. The number of hydrogen-bond donors (Lipinski definition) is 8. The molecule has 0 bridgehead atoms. The molecule has 12 aromatic carbocycles. The number of rotatable bonds is 24. The van der Waals surface area contributed by atoms with Crippen molar-refractivity contribution in [2.45, 2.75) is 38.5 Å². The molecule has 0 amide bonds. The first-order valence-electron chi connectivity index (χ1n) is 38.4. The first kappa shape index (κ1) is 95.0. The number of quaternary nitrogens is 2. The van der Waals surface area contributed by atoms with Gasteiger partial charge in [-0.05, 0) is 235 Å². The van der Waals surface area contributed by atoms with E-state index in [1.54, 1.807) is 144 Å². The van der Waals surface area contributed by atoms with E-state index in [0.29, 0.717) is 107 Å². The molecule has 16 rings (SSSR count). The summed E-state index contributed by atoms with van der Waals surface area (Å²) in [5.41, 5.74) is 9.28. The highest BCUT2D eigenvalue weighted by Gasteiger charge is 2.41. The van der Waals surface area contributed by atoms with E-state index in [1.807, 2.05) is 24.3 Å². The van der Waals surface area contributed by atoms with Crippen molar-refractivity contribution in [3.63, 3.8) is 0 Å². The van der Waals surface area contributed by atoms with Crippen molar-refractivity contribution in [2.24, 2.45) is 0 Å². The van der Waals surface area contributed by atoms with E-state index in [2.05, 4.69) is 138 Å². The van der Waals surface area contributed by atoms with E-state index in [4.69, 9.17) is 18.9 Å². The molecule has 648 valence electrons. The third-order valence-corrected chi connectivity index (χ3v) is 26.2. The minimum atomic E-state index is -0.754. The molecule has 0 radical (unpaired) electrons. The summed E-state index contributed by atoms with van der Waals surface area (Å²) in [5, 5.41) is 52.2. The van der Waals surface area contributed by atoms with Crippen LogP contribution in [0.5, 0.6) is 23.0 Å². The second-order valence-corrected chi connectivity index (χ2v) is 35.9. The van der Waals surface area contributed by atoms with Crippen LogP contribution in [0.2, 0.25) is 0 Å². The molecule has 0 heterocycles. The maximum absolute atomic E-state index is 13.5. The van der Waals surface area contributed by atoms with E-state index in [-0.39, 0.29) is 184 Å². The number of benzene rings is 12. The van der Waals surface area contributed by atoms with Gasteiger partial charge in [0, 0.05) is 100 Å². The van der Waals surface area contributed by atoms with Gasteiger partial charge in [0.05, 0.1) is 112 Å². The quantitative estimate of drug-likeness (QED) is 0.00915. The van der Waals surface area contributed by atoms with Crippen LogP contribution in [0.25, 0.3) is 0 Å². The number of aromatic hydroxyl groups is 4. The summed E-state index contributed by atoms with van der Waals surface area (Å²) in [6.07, 6.45) is 0.105. The number of ketones is 8. The summed E-state index contributed by atoms with van der Waals surface area (Å²) in [4.78, 5) is 157. The topological polar surface area (TPSA) is 380 Å². The van der Waals surface area contributed by atoms with Gasteiger partial charge in [-0.1, -0.05) is 97.1 Å². The van der Waals surface area contributed by atoms with Crippen LogP contribution in [0.15, 0.2) is 230 Å².